The third-order valence-electron chi connectivity index (χ3n) is 3.42. The molecule has 2 rings (SSSR count). The summed E-state index contributed by atoms with van der Waals surface area (Å²) in [6.07, 6.45) is 0. The molecule has 2 heteroatoms. The first-order chi connectivity index (χ1) is 6.57. The van der Waals surface area contributed by atoms with E-state index < -0.39 is 0 Å². The lowest BCUT2D eigenvalue weighted by molar-refractivity contribution is 0.579. The van der Waals surface area contributed by atoms with Crippen LogP contribution in [0.3, 0.4) is 0 Å². The zero-order valence-corrected chi connectivity index (χ0v) is 11.6. The molecule has 2 atom stereocenters. The summed E-state index contributed by atoms with van der Waals surface area (Å²) in [4.78, 5) is 0. The monoisotopic (exact) mass is 316 g/mol. The van der Waals surface area contributed by atoms with Crippen LogP contribution in [0.15, 0.2) is 28.7 Å². The summed E-state index contributed by atoms with van der Waals surface area (Å²) in [6.45, 7) is 4.70. The van der Waals surface area contributed by atoms with Gasteiger partial charge in [0.15, 0.2) is 0 Å². The molecule has 1 saturated carbocycles. The fourth-order valence-electron chi connectivity index (χ4n) is 2.39. The molecule has 1 fully saturated rings. The zero-order valence-electron chi connectivity index (χ0n) is 8.43. The maximum Gasteiger partial charge on any atom is 0.0178 e. The van der Waals surface area contributed by atoms with Gasteiger partial charge in [-0.05, 0) is 34.9 Å². The van der Waals surface area contributed by atoms with Crippen molar-refractivity contribution in [3.8, 4) is 0 Å². The van der Waals surface area contributed by atoms with Gasteiger partial charge in [-0.3, -0.25) is 0 Å². The topological polar surface area (TPSA) is 0 Å². The minimum Gasteiger partial charge on any atom is -0.0925 e. The molecule has 0 aliphatic heterocycles. The predicted molar refractivity (Wildman–Crippen MR) is 67.9 cm³/mol. The lowest BCUT2D eigenvalue weighted by Crippen LogP contribution is -1.90. The van der Waals surface area contributed by atoms with Crippen molar-refractivity contribution in [1.29, 1.82) is 0 Å². The molecular formula is C12H14Br2. The number of hydrogen-bond donors (Lipinski definition) is 0. The van der Waals surface area contributed by atoms with Crippen LogP contribution in [0.1, 0.15) is 25.3 Å². The van der Waals surface area contributed by atoms with E-state index in [2.05, 4.69) is 70.0 Å². The van der Waals surface area contributed by atoms with Crippen molar-refractivity contribution >= 4 is 31.9 Å². The smallest absolute Gasteiger partial charge is 0.0178 e. The average molecular weight is 318 g/mol. The summed E-state index contributed by atoms with van der Waals surface area (Å²) < 4.78 is 1.19. The van der Waals surface area contributed by atoms with E-state index in [9.17, 15) is 0 Å². The van der Waals surface area contributed by atoms with E-state index >= 15 is 0 Å². The Bertz CT molecular complexity index is 344. The first-order valence-electron chi connectivity index (χ1n) is 4.89. The predicted octanol–water partition coefficient (Wildman–Crippen LogP) is 4.58. The molecule has 2 unspecified atom stereocenters. The van der Waals surface area contributed by atoms with Crippen molar-refractivity contribution in [3.63, 3.8) is 0 Å². The molecule has 0 heterocycles. The maximum absolute atomic E-state index is 3.60. The van der Waals surface area contributed by atoms with Crippen molar-refractivity contribution in [1.82, 2.24) is 0 Å². The molecule has 14 heavy (non-hydrogen) atoms. The molecule has 0 spiro atoms. The molecule has 1 aliphatic rings. The second-order valence-electron chi connectivity index (χ2n) is 4.61. The number of halogens is 2. The van der Waals surface area contributed by atoms with Gasteiger partial charge in [0.1, 0.15) is 0 Å². The maximum atomic E-state index is 3.60. The average Bonchev–Trinajstić information content (AvgIpc) is 2.68. The van der Waals surface area contributed by atoms with E-state index in [4.69, 9.17) is 0 Å². The molecular weight excluding hydrogens is 304 g/mol. The molecule has 76 valence electrons. The van der Waals surface area contributed by atoms with Gasteiger partial charge in [-0.1, -0.05) is 57.8 Å². The normalized spacial score (nSPS) is 28.9. The fraction of sp³-hybridized carbons (Fsp3) is 0.500. The second-order valence-corrected chi connectivity index (χ2v) is 6.18. The summed E-state index contributed by atoms with van der Waals surface area (Å²) in [7, 11) is 0. The highest BCUT2D eigenvalue weighted by atomic mass is 79.9. The fourth-order valence-corrected chi connectivity index (χ4v) is 4.02. The quantitative estimate of drug-likeness (QED) is 0.700. The number of rotatable bonds is 2. The third kappa shape index (κ3) is 1.67. The van der Waals surface area contributed by atoms with Gasteiger partial charge in [0.2, 0.25) is 0 Å². The van der Waals surface area contributed by atoms with Gasteiger partial charge in [-0.25, -0.2) is 0 Å². The molecule has 1 aliphatic carbocycles. The Morgan fingerprint density at radius 1 is 1.36 bits per heavy atom. The Kier molecular flexibility index (Phi) is 2.78. The SMILES string of the molecule is CC1(C)C(CBr)C1c1cccc(Br)c1. The van der Waals surface area contributed by atoms with Gasteiger partial charge >= 0.3 is 0 Å². The summed E-state index contributed by atoms with van der Waals surface area (Å²) >= 11 is 7.12. The summed E-state index contributed by atoms with van der Waals surface area (Å²) in [6, 6.07) is 8.69. The molecule has 0 radical (unpaired) electrons. The van der Waals surface area contributed by atoms with Crippen LogP contribution in [-0.4, -0.2) is 5.33 Å². The van der Waals surface area contributed by atoms with Crippen LogP contribution in [0.25, 0.3) is 0 Å². The van der Waals surface area contributed by atoms with Crippen molar-refractivity contribution in [2.24, 2.45) is 11.3 Å². The van der Waals surface area contributed by atoms with Gasteiger partial charge in [0.25, 0.3) is 0 Å². The Balaban J connectivity index is 2.26. The van der Waals surface area contributed by atoms with Crippen LogP contribution in [0.2, 0.25) is 0 Å². The van der Waals surface area contributed by atoms with E-state index in [1.54, 1.807) is 0 Å². The highest BCUT2D eigenvalue weighted by molar-refractivity contribution is 9.10. The first-order valence-corrected chi connectivity index (χ1v) is 6.80. The number of benzene rings is 1. The Hall–Kier alpha value is 0.180. The molecule has 0 bridgehead atoms. The van der Waals surface area contributed by atoms with Gasteiger partial charge in [0.05, 0.1) is 0 Å². The molecule has 0 N–H and O–H groups in total. The van der Waals surface area contributed by atoms with Crippen LogP contribution in [-0.2, 0) is 0 Å². The van der Waals surface area contributed by atoms with E-state index in [1.807, 2.05) is 0 Å². The Morgan fingerprint density at radius 3 is 2.57 bits per heavy atom. The van der Waals surface area contributed by atoms with Gasteiger partial charge in [-0.2, -0.15) is 0 Å². The first kappa shape index (κ1) is 10.7. The summed E-state index contributed by atoms with van der Waals surface area (Å²) in [5.41, 5.74) is 1.93. The summed E-state index contributed by atoms with van der Waals surface area (Å²) in [5.74, 6) is 1.51. The van der Waals surface area contributed by atoms with E-state index in [-0.39, 0.29) is 0 Å². The molecule has 1 aromatic rings. The third-order valence-corrected chi connectivity index (χ3v) is 4.62. The lowest BCUT2D eigenvalue weighted by atomic mass is 10.0. The van der Waals surface area contributed by atoms with Gasteiger partial charge in [-0.15, -0.1) is 0 Å². The van der Waals surface area contributed by atoms with E-state index in [0.29, 0.717) is 5.41 Å². The van der Waals surface area contributed by atoms with E-state index in [0.717, 1.165) is 17.2 Å². The standard InChI is InChI=1S/C12H14Br2/c1-12(2)10(7-13)11(12)8-4-3-5-9(14)6-8/h3-6,10-11H,7H2,1-2H3. The van der Waals surface area contributed by atoms with Crippen molar-refractivity contribution in [2.45, 2.75) is 19.8 Å². The molecule has 0 saturated heterocycles. The number of hydrogen-bond acceptors (Lipinski definition) is 0. The van der Waals surface area contributed by atoms with Crippen molar-refractivity contribution in [3.05, 3.63) is 34.3 Å². The van der Waals surface area contributed by atoms with Gasteiger partial charge < -0.3 is 0 Å². The molecule has 1 aromatic carbocycles. The largest absolute Gasteiger partial charge is 0.0925 e. The summed E-state index contributed by atoms with van der Waals surface area (Å²) in [5, 5.41) is 1.11. The minimum atomic E-state index is 0.463. The highest BCUT2D eigenvalue weighted by Gasteiger charge is 2.57. The van der Waals surface area contributed by atoms with Crippen molar-refractivity contribution in [2.75, 3.05) is 5.33 Å². The lowest BCUT2D eigenvalue weighted by Gasteiger charge is -2.03. The van der Waals surface area contributed by atoms with Gasteiger partial charge in [0, 0.05) is 9.80 Å². The highest BCUT2D eigenvalue weighted by Crippen LogP contribution is 2.64. The van der Waals surface area contributed by atoms with E-state index in [1.165, 1.54) is 10.0 Å². The van der Waals surface area contributed by atoms with Crippen LogP contribution in [0.4, 0.5) is 0 Å². The van der Waals surface area contributed by atoms with Crippen LogP contribution < -0.4 is 0 Å². The Morgan fingerprint density at radius 2 is 2.07 bits per heavy atom. The molecule has 0 aromatic heterocycles. The number of alkyl halides is 1. The molecule has 0 amide bonds. The zero-order chi connectivity index (χ0) is 10.3. The van der Waals surface area contributed by atoms with Crippen LogP contribution in [0, 0.1) is 11.3 Å². The van der Waals surface area contributed by atoms with Crippen LogP contribution >= 0.6 is 31.9 Å². The Labute approximate surface area is 102 Å². The molecule has 0 nitrogen and oxygen atoms in total. The minimum absolute atomic E-state index is 0.463. The second kappa shape index (κ2) is 3.64. The van der Waals surface area contributed by atoms with Crippen LogP contribution in [0.5, 0.6) is 0 Å². The van der Waals surface area contributed by atoms with Crippen molar-refractivity contribution < 1.29 is 0 Å².